The highest BCUT2D eigenvalue weighted by atomic mass is 16.5. The van der Waals surface area contributed by atoms with Crippen molar-refractivity contribution in [3.8, 4) is 17.1 Å². The molecule has 2 aromatic carbocycles. The molecular formula is C36H38N12O9. The largest absolute Gasteiger partial charge is 0.494 e. The number of aromatic nitrogens is 5. The van der Waals surface area contributed by atoms with E-state index in [-0.39, 0.29) is 67.3 Å². The predicted octanol–water partition coefficient (Wildman–Crippen LogP) is 0.359. The molecule has 2 aliphatic rings. The molecule has 4 heterocycles. The number of imide groups is 2. The Kier molecular flexibility index (Phi) is 12.1. The summed E-state index contributed by atoms with van der Waals surface area (Å²) in [6, 6.07) is 10.2. The average molecular weight is 783 g/mol. The number of para-hydroxylation sites is 1. The van der Waals surface area contributed by atoms with Gasteiger partial charge in [-0.15, -0.1) is 10.2 Å². The van der Waals surface area contributed by atoms with E-state index in [1.54, 1.807) is 42.3 Å². The first-order valence-corrected chi connectivity index (χ1v) is 17.6. The zero-order chi connectivity index (χ0) is 40.6. The van der Waals surface area contributed by atoms with Crippen LogP contribution in [0.4, 0.5) is 22.9 Å². The summed E-state index contributed by atoms with van der Waals surface area (Å²) < 4.78 is 12.7. The van der Waals surface area contributed by atoms with Gasteiger partial charge in [0, 0.05) is 45.2 Å². The van der Waals surface area contributed by atoms with Gasteiger partial charge in [-0.25, -0.2) is 4.98 Å². The normalized spacial score (nSPS) is 14.8. The van der Waals surface area contributed by atoms with Gasteiger partial charge in [-0.3, -0.25) is 48.5 Å². The summed E-state index contributed by atoms with van der Waals surface area (Å²) >= 11 is 0. The molecule has 0 aliphatic carbocycles. The summed E-state index contributed by atoms with van der Waals surface area (Å²) in [6.45, 7) is 0.167. The number of anilines is 4. The van der Waals surface area contributed by atoms with Crippen molar-refractivity contribution in [2.24, 2.45) is 7.05 Å². The van der Waals surface area contributed by atoms with Crippen LogP contribution >= 0.6 is 0 Å². The van der Waals surface area contributed by atoms with Crippen LogP contribution in [0.15, 0.2) is 48.8 Å². The third-order valence-corrected chi connectivity index (χ3v) is 8.77. The van der Waals surface area contributed by atoms with Gasteiger partial charge in [-0.2, -0.15) is 5.10 Å². The number of nitrogens with zero attached hydrogens (tertiary/aromatic N) is 6. The highest BCUT2D eigenvalue weighted by Gasteiger charge is 2.44. The third kappa shape index (κ3) is 8.99. The maximum Gasteiger partial charge on any atom is 0.273 e. The van der Waals surface area contributed by atoms with Gasteiger partial charge in [0.15, 0.2) is 23.1 Å². The van der Waals surface area contributed by atoms with Gasteiger partial charge in [0.05, 0.1) is 54.9 Å². The van der Waals surface area contributed by atoms with Crippen molar-refractivity contribution in [1.82, 2.24) is 45.8 Å². The molecule has 0 spiro atoms. The third-order valence-electron chi connectivity index (χ3n) is 8.77. The number of rotatable bonds is 16. The van der Waals surface area contributed by atoms with Gasteiger partial charge >= 0.3 is 0 Å². The summed E-state index contributed by atoms with van der Waals surface area (Å²) in [7, 11) is 4.66. The van der Waals surface area contributed by atoms with E-state index in [4.69, 9.17) is 9.47 Å². The predicted molar refractivity (Wildman–Crippen MR) is 200 cm³/mol. The SMILES string of the molecule is CNC(=O)c1nnc(NC(=O)CNC(=O)CCOCCNc2ccc3c(c2)C(=O)N(C2CCC(=O)NC2=O)C3=O)cc1Nc1cccc(-c2ncn(C)n2)c1OC. The lowest BCUT2D eigenvalue weighted by atomic mass is 10.0. The zero-order valence-electron chi connectivity index (χ0n) is 31.0. The molecule has 0 saturated carbocycles. The summed E-state index contributed by atoms with van der Waals surface area (Å²) in [4.78, 5) is 92.6. The molecule has 1 saturated heterocycles. The number of carbonyl (C=O) groups excluding carboxylic acids is 7. The van der Waals surface area contributed by atoms with E-state index in [2.05, 4.69) is 52.2 Å². The maximum atomic E-state index is 13.0. The molecule has 1 unspecified atom stereocenters. The average Bonchev–Trinajstić information content (AvgIpc) is 3.74. The lowest BCUT2D eigenvalue weighted by molar-refractivity contribution is -0.136. The molecule has 6 rings (SSSR count). The summed E-state index contributed by atoms with van der Waals surface area (Å²) in [5, 5.41) is 28.2. The van der Waals surface area contributed by atoms with Crippen LogP contribution in [0.1, 0.15) is 50.5 Å². The number of amides is 7. The fraction of sp³-hybridized carbons (Fsp3) is 0.306. The lowest BCUT2D eigenvalue weighted by Gasteiger charge is -2.27. The van der Waals surface area contributed by atoms with Crippen LogP contribution < -0.4 is 36.6 Å². The molecule has 7 amide bonds. The van der Waals surface area contributed by atoms with E-state index in [1.165, 1.54) is 32.4 Å². The maximum absolute atomic E-state index is 13.0. The molecular weight excluding hydrogens is 744 g/mol. The Labute approximate surface area is 324 Å². The Bertz CT molecular complexity index is 2260. The topological polar surface area (TPSA) is 270 Å². The van der Waals surface area contributed by atoms with Crippen LogP contribution in [0.2, 0.25) is 0 Å². The van der Waals surface area contributed by atoms with Crippen molar-refractivity contribution >= 4 is 64.2 Å². The highest BCUT2D eigenvalue weighted by Crippen LogP contribution is 2.37. The van der Waals surface area contributed by atoms with Gasteiger partial charge in [-0.1, -0.05) is 6.07 Å². The van der Waals surface area contributed by atoms with Gasteiger partial charge in [0.25, 0.3) is 17.7 Å². The van der Waals surface area contributed by atoms with Crippen LogP contribution in [-0.2, 0) is 31.0 Å². The van der Waals surface area contributed by atoms with Crippen molar-refractivity contribution in [1.29, 1.82) is 0 Å². The molecule has 296 valence electrons. The molecule has 57 heavy (non-hydrogen) atoms. The second-order valence-electron chi connectivity index (χ2n) is 12.6. The smallest absolute Gasteiger partial charge is 0.273 e. The van der Waals surface area contributed by atoms with E-state index in [0.29, 0.717) is 35.1 Å². The number of methoxy groups -OCH3 is 1. The number of hydrogen-bond acceptors (Lipinski definition) is 15. The highest BCUT2D eigenvalue weighted by molar-refractivity contribution is 6.23. The number of fused-ring (bicyclic) bond motifs is 1. The number of hydrogen-bond donors (Lipinski definition) is 6. The molecule has 2 aliphatic heterocycles. The number of carbonyl (C=O) groups is 7. The number of nitrogens with one attached hydrogen (secondary N) is 6. The molecule has 4 aromatic rings. The molecule has 2 aromatic heterocycles. The lowest BCUT2D eigenvalue weighted by Crippen LogP contribution is -2.54. The summed E-state index contributed by atoms with van der Waals surface area (Å²) in [6.07, 6.45) is 1.60. The van der Waals surface area contributed by atoms with E-state index in [0.717, 1.165) is 4.90 Å². The standard InChI is InChI=1S/C36H38N12O9/c1-37-34(53)30-24(41-23-6-4-5-21(31(23)56-3)32-40-18-47(2)46-32)16-26(44-45-30)42-29(51)17-39-27(49)11-13-57-14-12-38-19-7-8-20-22(15-19)36(55)48(35(20)54)25-9-10-28(50)43-33(25)52/h4-8,15-16,18,25,38H,9-14,17H2,1-3H3,(H,37,53)(H,39,49)(H,43,50,52)(H2,41,42,44,51). The Morgan fingerprint density at radius 3 is 2.49 bits per heavy atom. The Morgan fingerprint density at radius 2 is 1.75 bits per heavy atom. The van der Waals surface area contributed by atoms with E-state index in [1.807, 2.05) is 0 Å². The van der Waals surface area contributed by atoms with Gasteiger partial charge in [-0.05, 0) is 36.8 Å². The second-order valence-corrected chi connectivity index (χ2v) is 12.6. The minimum absolute atomic E-state index is 0.00715. The quantitative estimate of drug-likeness (QED) is 0.0662. The first kappa shape index (κ1) is 39.4. The van der Waals surface area contributed by atoms with Crippen LogP contribution in [-0.4, -0.2) is 118 Å². The number of benzene rings is 2. The minimum Gasteiger partial charge on any atom is -0.494 e. The number of aryl methyl sites for hydroxylation is 1. The first-order chi connectivity index (χ1) is 27.5. The van der Waals surface area contributed by atoms with Gasteiger partial charge in [0.1, 0.15) is 12.4 Å². The first-order valence-electron chi connectivity index (χ1n) is 17.6. The zero-order valence-corrected chi connectivity index (χ0v) is 31.0. The number of ether oxygens (including phenoxy) is 2. The van der Waals surface area contributed by atoms with E-state index in [9.17, 15) is 33.6 Å². The second kappa shape index (κ2) is 17.5. The fourth-order valence-corrected chi connectivity index (χ4v) is 6.04. The molecule has 1 fully saturated rings. The fourth-order valence-electron chi connectivity index (χ4n) is 6.04. The van der Waals surface area contributed by atoms with E-state index >= 15 is 0 Å². The van der Waals surface area contributed by atoms with Crippen LogP contribution in [0.3, 0.4) is 0 Å². The monoisotopic (exact) mass is 782 g/mol. The molecule has 0 radical (unpaired) electrons. The molecule has 6 N–H and O–H groups in total. The van der Waals surface area contributed by atoms with Crippen molar-refractivity contribution in [3.63, 3.8) is 0 Å². The summed E-state index contributed by atoms with van der Waals surface area (Å²) in [5.41, 5.74) is 2.04. The Hall–Kier alpha value is -7.29. The Balaban J connectivity index is 0.948. The van der Waals surface area contributed by atoms with Crippen molar-refractivity contribution in [2.75, 3.05) is 56.4 Å². The van der Waals surface area contributed by atoms with Gasteiger partial charge < -0.3 is 36.1 Å². The van der Waals surface area contributed by atoms with Crippen LogP contribution in [0.25, 0.3) is 11.4 Å². The Morgan fingerprint density at radius 1 is 0.947 bits per heavy atom. The molecule has 0 bridgehead atoms. The minimum atomic E-state index is -1.05. The van der Waals surface area contributed by atoms with Gasteiger partial charge in [0.2, 0.25) is 23.6 Å². The van der Waals surface area contributed by atoms with Crippen molar-refractivity contribution in [2.45, 2.75) is 25.3 Å². The molecule has 21 heteroatoms. The summed E-state index contributed by atoms with van der Waals surface area (Å²) in [5.74, 6) is -3.10. The number of piperidine rings is 1. The molecule has 21 nitrogen and oxygen atoms in total. The van der Waals surface area contributed by atoms with E-state index < -0.39 is 47.4 Å². The van der Waals surface area contributed by atoms with Crippen LogP contribution in [0, 0.1) is 0 Å². The van der Waals surface area contributed by atoms with Crippen molar-refractivity contribution < 1.29 is 43.0 Å². The van der Waals surface area contributed by atoms with Crippen LogP contribution in [0.5, 0.6) is 5.75 Å². The van der Waals surface area contributed by atoms with Crippen molar-refractivity contribution in [3.05, 3.63) is 65.6 Å². The molecule has 1 atom stereocenters.